The normalized spacial score (nSPS) is 10.4. The third-order valence-electron chi connectivity index (χ3n) is 4.56. The highest BCUT2D eigenvalue weighted by atomic mass is 32.1. The quantitative estimate of drug-likeness (QED) is 0.540. The van der Waals surface area contributed by atoms with Crippen LogP contribution in [0, 0.1) is 6.92 Å². The molecule has 0 spiro atoms. The molecular weight excluding hydrogens is 400 g/mol. The van der Waals surface area contributed by atoms with Crippen molar-refractivity contribution in [3.05, 3.63) is 65.0 Å². The molecule has 2 N–H and O–H groups in total. The molecule has 0 bridgehead atoms. The van der Waals surface area contributed by atoms with Gasteiger partial charge in [0.05, 0.1) is 5.69 Å². The first-order valence-electron chi connectivity index (χ1n) is 9.50. The van der Waals surface area contributed by atoms with Crippen molar-refractivity contribution < 1.29 is 4.79 Å². The second-order valence-corrected chi connectivity index (χ2v) is 7.80. The summed E-state index contributed by atoms with van der Waals surface area (Å²) in [6, 6.07) is 15.7. The van der Waals surface area contributed by atoms with E-state index in [1.165, 1.54) is 16.9 Å². The summed E-state index contributed by atoms with van der Waals surface area (Å²) in [6.45, 7) is 8.12. The van der Waals surface area contributed by atoms with Gasteiger partial charge in [0, 0.05) is 35.3 Å². The topological polar surface area (TPSA) is 57.3 Å². The number of rotatable bonds is 6. The van der Waals surface area contributed by atoms with Gasteiger partial charge in [-0.15, -0.1) is 11.3 Å². The summed E-state index contributed by atoms with van der Waals surface area (Å²) in [5, 5.41) is 8.54. The predicted molar refractivity (Wildman–Crippen MR) is 126 cm³/mol. The fourth-order valence-corrected chi connectivity index (χ4v) is 3.88. The van der Waals surface area contributed by atoms with E-state index in [9.17, 15) is 4.79 Å². The van der Waals surface area contributed by atoms with Crippen LogP contribution in [0.2, 0.25) is 0 Å². The highest BCUT2D eigenvalue weighted by Gasteiger charge is 2.11. The summed E-state index contributed by atoms with van der Waals surface area (Å²) < 4.78 is 0. The summed E-state index contributed by atoms with van der Waals surface area (Å²) in [4.78, 5) is 19.2. The maximum atomic E-state index is 12.5. The van der Waals surface area contributed by atoms with Crippen molar-refractivity contribution in [3.63, 3.8) is 0 Å². The van der Waals surface area contributed by atoms with E-state index in [1.54, 1.807) is 0 Å². The first-order valence-corrected chi connectivity index (χ1v) is 10.8. The average molecular weight is 425 g/mol. The van der Waals surface area contributed by atoms with Crippen LogP contribution in [0.15, 0.2) is 53.9 Å². The van der Waals surface area contributed by atoms with Crippen LogP contribution in [0.3, 0.4) is 0 Å². The Morgan fingerprint density at radius 1 is 1.07 bits per heavy atom. The van der Waals surface area contributed by atoms with Crippen LogP contribution in [-0.2, 0) is 0 Å². The van der Waals surface area contributed by atoms with Gasteiger partial charge in [0.15, 0.2) is 10.2 Å². The van der Waals surface area contributed by atoms with Gasteiger partial charge in [-0.1, -0.05) is 29.8 Å². The third kappa shape index (κ3) is 5.40. The number of carbonyl (C=O) groups excluding carboxylic acids is 1. The number of hydrogen-bond donors (Lipinski definition) is 2. The van der Waals surface area contributed by atoms with Gasteiger partial charge in [-0.25, -0.2) is 4.98 Å². The van der Waals surface area contributed by atoms with E-state index in [0.29, 0.717) is 10.7 Å². The van der Waals surface area contributed by atoms with E-state index in [-0.39, 0.29) is 11.0 Å². The largest absolute Gasteiger partial charge is 0.372 e. The van der Waals surface area contributed by atoms with Crippen molar-refractivity contribution in [2.75, 3.05) is 23.3 Å². The molecule has 0 radical (unpaired) electrons. The molecule has 0 saturated carbocycles. The molecule has 3 rings (SSSR count). The van der Waals surface area contributed by atoms with Crippen LogP contribution >= 0.6 is 23.6 Å². The zero-order chi connectivity index (χ0) is 20.8. The molecule has 29 heavy (non-hydrogen) atoms. The number of benzene rings is 2. The number of thiocarbonyl (C=S) groups is 1. The Bertz CT molecular complexity index is 977. The Morgan fingerprint density at radius 3 is 2.34 bits per heavy atom. The molecule has 7 heteroatoms. The summed E-state index contributed by atoms with van der Waals surface area (Å²) in [7, 11) is 0. The average Bonchev–Trinajstić information content (AvgIpc) is 3.18. The number of carbonyl (C=O) groups is 1. The van der Waals surface area contributed by atoms with Crippen molar-refractivity contribution in [1.29, 1.82) is 0 Å². The molecule has 150 valence electrons. The number of thiazole rings is 1. The first kappa shape index (κ1) is 21.0. The van der Waals surface area contributed by atoms with Crippen LogP contribution in [0.5, 0.6) is 0 Å². The molecule has 2 aromatic carbocycles. The molecule has 0 aliphatic rings. The highest BCUT2D eigenvalue weighted by Crippen LogP contribution is 2.25. The van der Waals surface area contributed by atoms with E-state index < -0.39 is 0 Å². The van der Waals surface area contributed by atoms with Crippen molar-refractivity contribution in [1.82, 2.24) is 10.3 Å². The number of nitrogens with one attached hydrogen (secondary N) is 2. The molecule has 0 unspecified atom stereocenters. The SMILES string of the molecule is CCN(CC)c1ccc(C(=O)NC(=S)Nc2nc(-c3ccc(C)cc3)cs2)cc1. The Labute approximate surface area is 180 Å². The molecule has 1 amide bonds. The lowest BCUT2D eigenvalue weighted by Crippen LogP contribution is -2.34. The number of amides is 1. The third-order valence-corrected chi connectivity index (χ3v) is 5.52. The lowest BCUT2D eigenvalue weighted by atomic mass is 10.1. The van der Waals surface area contributed by atoms with Crippen molar-refractivity contribution in [3.8, 4) is 11.3 Å². The van der Waals surface area contributed by atoms with Gasteiger partial charge in [-0.3, -0.25) is 10.1 Å². The maximum Gasteiger partial charge on any atom is 0.257 e. The van der Waals surface area contributed by atoms with Gasteiger partial charge >= 0.3 is 0 Å². The van der Waals surface area contributed by atoms with Crippen molar-refractivity contribution in [2.45, 2.75) is 20.8 Å². The van der Waals surface area contributed by atoms with Crippen LogP contribution in [0.1, 0.15) is 29.8 Å². The van der Waals surface area contributed by atoms with Crippen LogP contribution in [0.25, 0.3) is 11.3 Å². The number of anilines is 2. The standard InChI is InChI=1S/C22H24N4OS2/c1-4-26(5-2)18-12-10-17(11-13-18)20(27)24-21(28)25-22-23-19(14-29-22)16-8-6-15(3)7-9-16/h6-14H,4-5H2,1-3H3,(H2,23,24,25,27,28). The molecule has 0 aliphatic heterocycles. The van der Waals surface area contributed by atoms with Gasteiger partial charge in [0.25, 0.3) is 5.91 Å². The monoisotopic (exact) mass is 424 g/mol. The molecular formula is C22H24N4OS2. The number of aryl methyl sites for hydroxylation is 1. The molecule has 1 heterocycles. The fraction of sp³-hybridized carbons (Fsp3) is 0.227. The highest BCUT2D eigenvalue weighted by molar-refractivity contribution is 7.80. The van der Waals surface area contributed by atoms with E-state index in [4.69, 9.17) is 12.2 Å². The minimum Gasteiger partial charge on any atom is -0.372 e. The molecule has 0 fully saturated rings. The second-order valence-electron chi connectivity index (χ2n) is 6.53. The van der Waals surface area contributed by atoms with E-state index in [1.807, 2.05) is 41.8 Å². The van der Waals surface area contributed by atoms with Gasteiger partial charge in [-0.05, 0) is 57.3 Å². The summed E-state index contributed by atoms with van der Waals surface area (Å²) in [5.74, 6) is -0.246. The summed E-state index contributed by atoms with van der Waals surface area (Å²) in [5.41, 5.74) is 4.78. The van der Waals surface area contributed by atoms with E-state index >= 15 is 0 Å². The Hall–Kier alpha value is -2.77. The molecule has 0 saturated heterocycles. The van der Waals surface area contributed by atoms with E-state index in [2.05, 4.69) is 53.4 Å². The summed E-state index contributed by atoms with van der Waals surface area (Å²) in [6.07, 6.45) is 0. The van der Waals surface area contributed by atoms with Gasteiger partial charge in [0.2, 0.25) is 0 Å². The van der Waals surface area contributed by atoms with Crippen molar-refractivity contribution in [2.24, 2.45) is 0 Å². The predicted octanol–water partition coefficient (Wildman–Crippen LogP) is 5.09. The number of aromatic nitrogens is 1. The van der Waals surface area contributed by atoms with Gasteiger partial charge < -0.3 is 10.2 Å². The Morgan fingerprint density at radius 2 is 1.72 bits per heavy atom. The molecule has 0 atom stereocenters. The van der Waals surface area contributed by atoms with Gasteiger partial charge in [0.1, 0.15) is 0 Å². The zero-order valence-corrected chi connectivity index (χ0v) is 18.4. The maximum absolute atomic E-state index is 12.5. The minimum absolute atomic E-state index is 0.229. The minimum atomic E-state index is -0.246. The molecule has 1 aromatic heterocycles. The molecule has 5 nitrogen and oxygen atoms in total. The molecule has 0 aliphatic carbocycles. The van der Waals surface area contributed by atoms with Crippen LogP contribution < -0.4 is 15.5 Å². The van der Waals surface area contributed by atoms with E-state index in [0.717, 1.165) is 30.0 Å². The second kappa shape index (κ2) is 9.62. The van der Waals surface area contributed by atoms with Crippen LogP contribution in [0.4, 0.5) is 10.8 Å². The lowest BCUT2D eigenvalue weighted by Gasteiger charge is -2.21. The van der Waals surface area contributed by atoms with Crippen molar-refractivity contribution >= 4 is 45.4 Å². The zero-order valence-electron chi connectivity index (χ0n) is 16.7. The van der Waals surface area contributed by atoms with Crippen LogP contribution in [-0.4, -0.2) is 29.1 Å². The Balaban J connectivity index is 1.59. The lowest BCUT2D eigenvalue weighted by molar-refractivity contribution is 0.0978. The first-order chi connectivity index (χ1) is 14.0. The van der Waals surface area contributed by atoms with Gasteiger partial charge in [-0.2, -0.15) is 0 Å². The number of hydrogen-bond acceptors (Lipinski definition) is 5. The fourth-order valence-electron chi connectivity index (χ4n) is 2.90. The molecule has 3 aromatic rings. The smallest absolute Gasteiger partial charge is 0.257 e. The number of nitrogens with zero attached hydrogens (tertiary/aromatic N) is 2. The summed E-state index contributed by atoms with van der Waals surface area (Å²) >= 11 is 6.72. The Kier molecular flexibility index (Phi) is 6.95.